The molecule has 0 fully saturated rings. The van der Waals surface area contributed by atoms with Gasteiger partial charge >= 0.3 is 5.97 Å². The molecular formula is C11H17N3O3. The molecule has 0 radical (unpaired) electrons. The Morgan fingerprint density at radius 2 is 2.00 bits per heavy atom. The summed E-state index contributed by atoms with van der Waals surface area (Å²) < 4.78 is 5.34. The van der Waals surface area contributed by atoms with Crippen LogP contribution in [0.2, 0.25) is 0 Å². The molecule has 6 heteroatoms. The van der Waals surface area contributed by atoms with Gasteiger partial charge in [0.25, 0.3) is 0 Å². The lowest BCUT2D eigenvalue weighted by atomic mass is 10.4. The quantitative estimate of drug-likeness (QED) is 0.761. The van der Waals surface area contributed by atoms with Gasteiger partial charge in [0, 0.05) is 18.9 Å². The predicted octanol–water partition coefficient (Wildman–Crippen LogP) is 0.895. The van der Waals surface area contributed by atoms with Crippen LogP contribution in [0, 0.1) is 0 Å². The molecule has 0 atom stereocenters. The molecule has 1 aromatic rings. The van der Waals surface area contributed by atoms with E-state index >= 15 is 0 Å². The molecule has 0 aliphatic carbocycles. The number of hydrogen-bond donors (Lipinski definition) is 1. The van der Waals surface area contributed by atoms with Gasteiger partial charge in [0.2, 0.25) is 11.6 Å². The third kappa shape index (κ3) is 3.99. The van der Waals surface area contributed by atoms with Crippen molar-refractivity contribution in [2.75, 3.05) is 26.2 Å². The zero-order valence-electron chi connectivity index (χ0n) is 10.1. The molecule has 1 aromatic heterocycles. The number of nitrogens with zero attached hydrogens (tertiary/aromatic N) is 3. The molecule has 0 unspecified atom stereocenters. The second-order valence-electron chi connectivity index (χ2n) is 3.39. The smallest absolute Gasteiger partial charge is 0.360 e. The number of likely N-dealkylation sites (N-methyl/N-ethyl adjacent to an activating group) is 1. The second kappa shape index (κ2) is 6.80. The van der Waals surface area contributed by atoms with Gasteiger partial charge in [-0.05, 0) is 13.1 Å². The number of carboxylic acids is 1. The highest BCUT2D eigenvalue weighted by Crippen LogP contribution is 2.10. The van der Waals surface area contributed by atoms with E-state index in [2.05, 4.69) is 28.7 Å². The highest BCUT2D eigenvalue weighted by molar-refractivity contribution is 5.87. The third-order valence-corrected chi connectivity index (χ3v) is 2.41. The first kappa shape index (κ1) is 13.4. The minimum Gasteiger partial charge on any atom is -0.476 e. The standard InChI is InChI=1S/C11H17N3O3/c1-3-14(4-2)7-8-17-10-9(11(15)16)12-5-6-13-10/h5-6H,3-4,7-8H2,1-2H3,(H,15,16). The summed E-state index contributed by atoms with van der Waals surface area (Å²) in [5.41, 5.74) is -0.146. The second-order valence-corrected chi connectivity index (χ2v) is 3.39. The summed E-state index contributed by atoms with van der Waals surface area (Å²) in [6.45, 7) is 7.14. The summed E-state index contributed by atoms with van der Waals surface area (Å²) in [6, 6.07) is 0. The maximum absolute atomic E-state index is 10.8. The first-order valence-corrected chi connectivity index (χ1v) is 5.58. The van der Waals surface area contributed by atoms with Gasteiger partial charge in [0.15, 0.2) is 0 Å². The molecule has 0 bridgehead atoms. The fraction of sp³-hybridized carbons (Fsp3) is 0.545. The van der Waals surface area contributed by atoms with Crippen molar-refractivity contribution in [3.8, 4) is 5.88 Å². The molecule has 0 aromatic carbocycles. The zero-order valence-corrected chi connectivity index (χ0v) is 10.1. The van der Waals surface area contributed by atoms with Crippen LogP contribution in [0.15, 0.2) is 12.4 Å². The van der Waals surface area contributed by atoms with Gasteiger partial charge in [-0.25, -0.2) is 14.8 Å². The van der Waals surface area contributed by atoms with E-state index in [4.69, 9.17) is 9.84 Å². The first-order chi connectivity index (χ1) is 8.19. The molecule has 0 spiro atoms. The van der Waals surface area contributed by atoms with E-state index in [0.29, 0.717) is 6.61 Å². The monoisotopic (exact) mass is 239 g/mol. The molecule has 0 aliphatic rings. The van der Waals surface area contributed by atoms with Crippen molar-refractivity contribution >= 4 is 5.97 Å². The molecule has 94 valence electrons. The largest absolute Gasteiger partial charge is 0.476 e. The van der Waals surface area contributed by atoms with Crippen LogP contribution in [0.1, 0.15) is 24.3 Å². The van der Waals surface area contributed by atoms with Crippen molar-refractivity contribution in [2.24, 2.45) is 0 Å². The maximum atomic E-state index is 10.8. The predicted molar refractivity (Wildman–Crippen MR) is 62.3 cm³/mol. The number of aromatic nitrogens is 2. The lowest BCUT2D eigenvalue weighted by Gasteiger charge is -2.17. The average molecular weight is 239 g/mol. The van der Waals surface area contributed by atoms with Crippen molar-refractivity contribution in [1.29, 1.82) is 0 Å². The summed E-state index contributed by atoms with van der Waals surface area (Å²) in [5, 5.41) is 8.87. The Morgan fingerprint density at radius 1 is 1.35 bits per heavy atom. The molecule has 17 heavy (non-hydrogen) atoms. The van der Waals surface area contributed by atoms with Crippen molar-refractivity contribution in [1.82, 2.24) is 14.9 Å². The van der Waals surface area contributed by atoms with Gasteiger partial charge in [-0.15, -0.1) is 0 Å². The minimum absolute atomic E-state index is 0.0761. The van der Waals surface area contributed by atoms with E-state index < -0.39 is 5.97 Å². The molecule has 1 rings (SSSR count). The normalized spacial score (nSPS) is 10.5. The Kier molecular flexibility index (Phi) is 5.35. The van der Waals surface area contributed by atoms with Gasteiger partial charge in [0.1, 0.15) is 6.61 Å². The van der Waals surface area contributed by atoms with Crippen LogP contribution in [0.5, 0.6) is 5.88 Å². The SMILES string of the molecule is CCN(CC)CCOc1nccnc1C(=O)O. The van der Waals surface area contributed by atoms with Crippen LogP contribution in [0.25, 0.3) is 0 Å². The summed E-state index contributed by atoms with van der Waals surface area (Å²) in [7, 11) is 0. The van der Waals surface area contributed by atoms with Crippen LogP contribution in [0.4, 0.5) is 0 Å². The number of hydrogen-bond acceptors (Lipinski definition) is 5. The number of aromatic carboxylic acids is 1. The van der Waals surface area contributed by atoms with Crippen LogP contribution in [-0.4, -0.2) is 52.2 Å². The summed E-state index contributed by atoms with van der Waals surface area (Å²) in [6.07, 6.45) is 2.75. The Balaban J connectivity index is 2.54. The molecule has 1 heterocycles. The average Bonchev–Trinajstić information content (AvgIpc) is 2.35. The van der Waals surface area contributed by atoms with Crippen molar-refractivity contribution in [2.45, 2.75) is 13.8 Å². The Labute approximate surface area is 100 Å². The number of carboxylic acid groups (broad SMARTS) is 1. The van der Waals surface area contributed by atoms with E-state index in [-0.39, 0.29) is 11.6 Å². The molecule has 6 nitrogen and oxygen atoms in total. The lowest BCUT2D eigenvalue weighted by Crippen LogP contribution is -2.28. The highest BCUT2D eigenvalue weighted by atomic mass is 16.5. The van der Waals surface area contributed by atoms with Gasteiger partial charge < -0.3 is 14.7 Å². The lowest BCUT2D eigenvalue weighted by molar-refractivity contribution is 0.0683. The van der Waals surface area contributed by atoms with Crippen molar-refractivity contribution in [3.63, 3.8) is 0 Å². The number of rotatable bonds is 7. The van der Waals surface area contributed by atoms with E-state index in [9.17, 15) is 4.79 Å². The van der Waals surface area contributed by atoms with Gasteiger partial charge in [0.05, 0.1) is 0 Å². The molecule has 0 saturated heterocycles. The van der Waals surface area contributed by atoms with Crippen LogP contribution >= 0.6 is 0 Å². The molecule has 0 amide bonds. The van der Waals surface area contributed by atoms with E-state index in [0.717, 1.165) is 19.6 Å². The summed E-state index contributed by atoms with van der Waals surface area (Å²) in [4.78, 5) is 20.6. The van der Waals surface area contributed by atoms with Crippen molar-refractivity contribution in [3.05, 3.63) is 18.1 Å². The van der Waals surface area contributed by atoms with E-state index in [1.807, 2.05) is 0 Å². The summed E-state index contributed by atoms with van der Waals surface area (Å²) in [5.74, 6) is -1.05. The Morgan fingerprint density at radius 3 is 2.59 bits per heavy atom. The topological polar surface area (TPSA) is 75.5 Å². The first-order valence-electron chi connectivity index (χ1n) is 5.58. The van der Waals surface area contributed by atoms with Crippen LogP contribution < -0.4 is 4.74 Å². The molecule has 0 aliphatic heterocycles. The van der Waals surface area contributed by atoms with Crippen LogP contribution in [-0.2, 0) is 0 Å². The third-order valence-electron chi connectivity index (χ3n) is 2.41. The minimum atomic E-state index is -1.13. The Hall–Kier alpha value is -1.69. The van der Waals surface area contributed by atoms with Gasteiger partial charge in [-0.3, -0.25) is 0 Å². The van der Waals surface area contributed by atoms with E-state index in [1.54, 1.807) is 0 Å². The van der Waals surface area contributed by atoms with Gasteiger partial charge in [-0.1, -0.05) is 13.8 Å². The number of carbonyl (C=O) groups is 1. The van der Waals surface area contributed by atoms with E-state index in [1.165, 1.54) is 12.4 Å². The van der Waals surface area contributed by atoms with Crippen LogP contribution in [0.3, 0.4) is 0 Å². The van der Waals surface area contributed by atoms with Crippen molar-refractivity contribution < 1.29 is 14.6 Å². The Bertz CT molecular complexity index is 367. The molecule has 1 N–H and O–H groups in total. The zero-order chi connectivity index (χ0) is 12.7. The fourth-order valence-electron chi connectivity index (χ4n) is 1.39. The number of ether oxygens (including phenoxy) is 1. The molecule has 0 saturated carbocycles. The highest BCUT2D eigenvalue weighted by Gasteiger charge is 2.13. The van der Waals surface area contributed by atoms with Gasteiger partial charge in [-0.2, -0.15) is 0 Å². The maximum Gasteiger partial charge on any atom is 0.360 e. The molecular weight excluding hydrogens is 222 g/mol. The summed E-state index contributed by atoms with van der Waals surface area (Å²) >= 11 is 0. The fourth-order valence-corrected chi connectivity index (χ4v) is 1.39.